The monoisotopic (exact) mass is 346 g/mol. The molecular formula is C15H14N4O2S2. The van der Waals surface area contributed by atoms with Gasteiger partial charge >= 0.3 is 0 Å². The fourth-order valence-corrected chi connectivity index (χ4v) is 3.70. The number of nitrogens with one attached hydrogen (secondary N) is 2. The Hall–Kier alpha value is -1.89. The fourth-order valence-electron chi connectivity index (χ4n) is 2.10. The van der Waals surface area contributed by atoms with Gasteiger partial charge in [0.25, 0.3) is 0 Å². The lowest BCUT2D eigenvalue weighted by Crippen LogP contribution is -2.50. The molecular weight excluding hydrogens is 332 g/mol. The van der Waals surface area contributed by atoms with Gasteiger partial charge in [0.15, 0.2) is 6.35 Å². The van der Waals surface area contributed by atoms with Crippen molar-refractivity contribution in [3.63, 3.8) is 0 Å². The number of rotatable bonds is 4. The summed E-state index contributed by atoms with van der Waals surface area (Å²) < 4.78 is 0. The number of thioether (sulfide) groups is 1. The smallest absolute Gasteiger partial charge is 0.183 e. The maximum absolute atomic E-state index is 9.55. The number of nitrogens with zero attached hydrogens (tertiary/aromatic N) is 2. The summed E-state index contributed by atoms with van der Waals surface area (Å²) in [5, 5.41) is 36.2. The zero-order valence-electron chi connectivity index (χ0n) is 11.9. The van der Waals surface area contributed by atoms with Crippen LogP contribution in [0.1, 0.15) is 5.56 Å². The quantitative estimate of drug-likeness (QED) is 0.622. The van der Waals surface area contributed by atoms with Crippen molar-refractivity contribution in [1.29, 1.82) is 5.26 Å². The zero-order chi connectivity index (χ0) is 16.2. The molecule has 118 valence electrons. The molecule has 0 amide bonds. The zero-order valence-corrected chi connectivity index (χ0v) is 13.6. The summed E-state index contributed by atoms with van der Waals surface area (Å²) in [5.74, 6) is 0.464. The Kier molecular flexibility index (Phi) is 4.95. The van der Waals surface area contributed by atoms with Crippen molar-refractivity contribution in [2.24, 2.45) is 0 Å². The average Bonchev–Trinajstić information content (AvgIpc) is 3.06. The molecule has 1 aliphatic heterocycles. The Bertz CT molecular complexity index is 755. The van der Waals surface area contributed by atoms with Crippen LogP contribution in [0.4, 0.5) is 0 Å². The van der Waals surface area contributed by atoms with E-state index in [9.17, 15) is 15.5 Å². The molecule has 0 saturated carbocycles. The average molecular weight is 346 g/mol. The molecule has 4 N–H and O–H groups in total. The molecule has 0 bridgehead atoms. The van der Waals surface area contributed by atoms with Crippen LogP contribution in [0.15, 0.2) is 46.4 Å². The van der Waals surface area contributed by atoms with E-state index in [0.717, 1.165) is 10.6 Å². The molecule has 0 saturated heterocycles. The van der Waals surface area contributed by atoms with Crippen LogP contribution < -0.4 is 10.6 Å². The van der Waals surface area contributed by atoms with Gasteiger partial charge in [-0.1, -0.05) is 17.8 Å². The van der Waals surface area contributed by atoms with E-state index >= 15 is 0 Å². The summed E-state index contributed by atoms with van der Waals surface area (Å²) in [6.45, 7) is 0. The van der Waals surface area contributed by atoms with Crippen molar-refractivity contribution in [3.8, 4) is 16.6 Å². The van der Waals surface area contributed by atoms with E-state index in [2.05, 4.69) is 21.7 Å². The van der Waals surface area contributed by atoms with Gasteiger partial charge in [-0.05, 0) is 29.7 Å². The second-order valence-corrected chi connectivity index (χ2v) is 6.69. The van der Waals surface area contributed by atoms with Crippen molar-refractivity contribution in [2.45, 2.75) is 17.6 Å². The second kappa shape index (κ2) is 7.12. The van der Waals surface area contributed by atoms with E-state index in [1.807, 2.05) is 23.6 Å². The molecule has 0 fully saturated rings. The first-order chi connectivity index (χ1) is 11.2. The minimum atomic E-state index is -0.994. The number of aliphatic hydroxyl groups excluding tert-OH is 2. The SMILES string of the molecule is N#Cc1ccc(-c2cccs2)nc1SCC1=C[C@H](O)N[C@@H](O)N1. The topological polar surface area (TPSA) is 101 Å². The third-order valence-corrected chi connectivity index (χ3v) is 5.06. The molecule has 1 aliphatic rings. The Morgan fingerprint density at radius 1 is 1.35 bits per heavy atom. The highest BCUT2D eigenvalue weighted by molar-refractivity contribution is 7.99. The minimum Gasteiger partial charge on any atom is -0.375 e. The van der Waals surface area contributed by atoms with Gasteiger partial charge in [0, 0.05) is 11.4 Å². The Labute approximate surface area is 141 Å². The molecule has 0 radical (unpaired) electrons. The molecule has 2 aromatic heterocycles. The summed E-state index contributed by atoms with van der Waals surface area (Å²) in [6, 6.07) is 9.68. The van der Waals surface area contributed by atoms with Crippen LogP contribution >= 0.6 is 23.1 Å². The van der Waals surface area contributed by atoms with Gasteiger partial charge in [0.1, 0.15) is 17.3 Å². The van der Waals surface area contributed by atoms with Gasteiger partial charge in [0.05, 0.1) is 16.1 Å². The van der Waals surface area contributed by atoms with Gasteiger partial charge in [-0.25, -0.2) is 10.3 Å². The maximum Gasteiger partial charge on any atom is 0.183 e. The molecule has 2 atom stereocenters. The van der Waals surface area contributed by atoms with Crippen LogP contribution in [-0.2, 0) is 0 Å². The van der Waals surface area contributed by atoms with Crippen molar-refractivity contribution >= 4 is 23.1 Å². The predicted molar refractivity (Wildman–Crippen MR) is 89.4 cm³/mol. The summed E-state index contributed by atoms with van der Waals surface area (Å²) in [5.41, 5.74) is 2.01. The second-order valence-electron chi connectivity index (χ2n) is 4.78. The van der Waals surface area contributed by atoms with Crippen LogP contribution in [0.2, 0.25) is 0 Å². The predicted octanol–water partition coefficient (Wildman–Crippen LogP) is 1.44. The Morgan fingerprint density at radius 2 is 2.22 bits per heavy atom. The molecule has 3 rings (SSSR count). The van der Waals surface area contributed by atoms with Crippen LogP contribution in [0, 0.1) is 11.3 Å². The fraction of sp³-hybridized carbons (Fsp3) is 0.200. The van der Waals surface area contributed by atoms with Crippen LogP contribution in [0.5, 0.6) is 0 Å². The van der Waals surface area contributed by atoms with Crippen LogP contribution in [0.3, 0.4) is 0 Å². The van der Waals surface area contributed by atoms with Gasteiger partial charge in [-0.3, -0.25) is 0 Å². The van der Waals surface area contributed by atoms with Crippen LogP contribution in [-0.4, -0.2) is 33.5 Å². The molecule has 0 spiro atoms. The first-order valence-electron chi connectivity index (χ1n) is 6.83. The standard InChI is InChI=1S/C15H14N4O2S2/c16-7-9-3-4-11(12-2-1-5-22-12)18-14(9)23-8-10-6-13(20)19-15(21)17-10/h1-6,13,15,17,19-21H,8H2/t13-,15-/m0/s1. The number of aliphatic hydroxyl groups is 2. The Morgan fingerprint density at radius 3 is 2.91 bits per heavy atom. The van der Waals surface area contributed by atoms with Gasteiger partial charge < -0.3 is 15.5 Å². The lowest BCUT2D eigenvalue weighted by Gasteiger charge is -2.25. The van der Waals surface area contributed by atoms with E-state index in [1.165, 1.54) is 11.8 Å². The van der Waals surface area contributed by atoms with Gasteiger partial charge in [-0.2, -0.15) is 5.26 Å². The molecule has 2 aromatic rings. The van der Waals surface area contributed by atoms with E-state index in [0.29, 0.717) is 22.0 Å². The van der Waals surface area contributed by atoms with Crippen LogP contribution in [0.25, 0.3) is 10.6 Å². The number of nitriles is 1. The number of hydrogen-bond acceptors (Lipinski definition) is 8. The van der Waals surface area contributed by atoms with E-state index in [4.69, 9.17) is 0 Å². The molecule has 0 aliphatic carbocycles. The first kappa shape index (κ1) is 16.0. The van der Waals surface area contributed by atoms with Crippen molar-refractivity contribution in [3.05, 3.63) is 47.0 Å². The maximum atomic E-state index is 9.55. The van der Waals surface area contributed by atoms with E-state index in [-0.39, 0.29) is 0 Å². The van der Waals surface area contributed by atoms with E-state index in [1.54, 1.807) is 23.5 Å². The summed E-state index contributed by atoms with van der Waals surface area (Å²) >= 11 is 2.98. The van der Waals surface area contributed by atoms with Crippen molar-refractivity contribution in [2.75, 3.05) is 5.75 Å². The molecule has 8 heteroatoms. The summed E-state index contributed by atoms with van der Waals surface area (Å²) in [4.78, 5) is 5.61. The normalized spacial score (nSPS) is 20.5. The molecule has 3 heterocycles. The van der Waals surface area contributed by atoms with Crippen molar-refractivity contribution < 1.29 is 10.2 Å². The molecule has 6 nitrogen and oxygen atoms in total. The lowest BCUT2D eigenvalue weighted by molar-refractivity contribution is 0.0391. The summed E-state index contributed by atoms with van der Waals surface area (Å²) in [7, 11) is 0. The highest BCUT2D eigenvalue weighted by atomic mass is 32.2. The molecule has 0 aromatic carbocycles. The molecule has 23 heavy (non-hydrogen) atoms. The van der Waals surface area contributed by atoms with E-state index < -0.39 is 12.6 Å². The first-order valence-corrected chi connectivity index (χ1v) is 8.69. The number of pyridine rings is 1. The third kappa shape index (κ3) is 3.90. The lowest BCUT2D eigenvalue weighted by atomic mass is 10.2. The largest absolute Gasteiger partial charge is 0.375 e. The summed E-state index contributed by atoms with van der Waals surface area (Å²) in [6.07, 6.45) is -0.316. The van der Waals surface area contributed by atoms with Crippen molar-refractivity contribution in [1.82, 2.24) is 15.6 Å². The van der Waals surface area contributed by atoms with Gasteiger partial charge in [0.2, 0.25) is 0 Å². The Balaban J connectivity index is 1.79. The highest BCUT2D eigenvalue weighted by Gasteiger charge is 2.17. The molecule has 0 unspecified atom stereocenters. The number of hydrogen-bond donors (Lipinski definition) is 4. The van der Waals surface area contributed by atoms with Gasteiger partial charge in [-0.15, -0.1) is 11.3 Å². The minimum absolute atomic E-state index is 0.464. The highest BCUT2D eigenvalue weighted by Crippen LogP contribution is 2.28. The number of thiophene rings is 1. The third-order valence-electron chi connectivity index (χ3n) is 3.13. The number of aromatic nitrogens is 1.